The minimum absolute atomic E-state index is 0.0566. The van der Waals surface area contributed by atoms with E-state index in [-0.39, 0.29) is 6.54 Å². The van der Waals surface area contributed by atoms with Crippen molar-refractivity contribution in [3.05, 3.63) is 35.4 Å². The second-order valence-electron chi connectivity index (χ2n) is 3.52. The summed E-state index contributed by atoms with van der Waals surface area (Å²) in [5.41, 5.74) is 7.13. The van der Waals surface area contributed by atoms with Crippen molar-refractivity contribution < 1.29 is 4.39 Å². The summed E-state index contributed by atoms with van der Waals surface area (Å²) in [6.07, 6.45) is -1.03. The molecule has 1 aromatic rings. The zero-order valence-corrected chi connectivity index (χ0v) is 8.13. The van der Waals surface area contributed by atoms with Gasteiger partial charge in [-0.2, -0.15) is 0 Å². The van der Waals surface area contributed by atoms with Gasteiger partial charge in [0.05, 0.1) is 0 Å². The van der Waals surface area contributed by atoms with E-state index in [1.807, 2.05) is 24.3 Å². The molecule has 1 aromatic carbocycles. The normalized spacial score (nSPS) is 13.3. The van der Waals surface area contributed by atoms with Gasteiger partial charge in [0.2, 0.25) is 0 Å². The van der Waals surface area contributed by atoms with Crippen molar-refractivity contribution >= 4 is 0 Å². The summed E-state index contributed by atoms with van der Waals surface area (Å²) >= 11 is 0. The zero-order chi connectivity index (χ0) is 9.84. The fourth-order valence-corrected chi connectivity index (χ4v) is 1.23. The number of hydrogen-bond donors (Lipinski definition) is 1. The van der Waals surface area contributed by atoms with Crippen molar-refractivity contribution in [2.75, 3.05) is 6.54 Å². The van der Waals surface area contributed by atoms with Crippen LogP contribution in [0.3, 0.4) is 0 Å². The van der Waals surface area contributed by atoms with Crippen molar-refractivity contribution in [1.82, 2.24) is 0 Å². The smallest absolute Gasteiger partial charge is 0.137 e. The highest BCUT2D eigenvalue weighted by atomic mass is 19.1. The molecule has 0 fully saturated rings. The molecule has 2 N–H and O–H groups in total. The highest BCUT2D eigenvalue weighted by Crippen LogP contribution is 2.19. The molecule has 0 unspecified atom stereocenters. The van der Waals surface area contributed by atoms with Crippen LogP contribution in [-0.4, -0.2) is 6.54 Å². The molecule has 0 aliphatic rings. The molecule has 72 valence electrons. The molecule has 0 aromatic heterocycles. The van der Waals surface area contributed by atoms with Crippen molar-refractivity contribution in [2.24, 2.45) is 5.73 Å². The van der Waals surface area contributed by atoms with E-state index in [9.17, 15) is 4.39 Å². The molecule has 0 bridgehead atoms. The first-order valence-electron chi connectivity index (χ1n) is 4.59. The summed E-state index contributed by atoms with van der Waals surface area (Å²) in [7, 11) is 0. The van der Waals surface area contributed by atoms with E-state index >= 15 is 0 Å². The monoisotopic (exact) mass is 181 g/mol. The second kappa shape index (κ2) is 4.38. The Morgan fingerprint density at radius 1 is 1.15 bits per heavy atom. The molecule has 0 aliphatic carbocycles. The Hall–Kier alpha value is -0.890. The summed E-state index contributed by atoms with van der Waals surface area (Å²) in [4.78, 5) is 0. The van der Waals surface area contributed by atoms with Crippen LogP contribution in [0.2, 0.25) is 0 Å². The van der Waals surface area contributed by atoms with Crippen molar-refractivity contribution in [3.8, 4) is 0 Å². The molecule has 0 saturated heterocycles. The molecule has 1 rings (SSSR count). The van der Waals surface area contributed by atoms with Gasteiger partial charge in [0.25, 0.3) is 0 Å². The number of hydrogen-bond acceptors (Lipinski definition) is 1. The van der Waals surface area contributed by atoms with Crippen LogP contribution in [0.5, 0.6) is 0 Å². The van der Waals surface area contributed by atoms with Crippen LogP contribution in [-0.2, 0) is 0 Å². The first-order chi connectivity index (χ1) is 6.15. The maximum absolute atomic E-state index is 13.1. The minimum Gasteiger partial charge on any atom is -0.327 e. The topological polar surface area (TPSA) is 26.0 Å². The van der Waals surface area contributed by atoms with E-state index < -0.39 is 6.17 Å². The number of halogens is 1. The van der Waals surface area contributed by atoms with Crippen LogP contribution in [0.4, 0.5) is 4.39 Å². The largest absolute Gasteiger partial charge is 0.327 e. The summed E-state index contributed by atoms with van der Waals surface area (Å²) in [6.45, 7) is 4.29. The number of rotatable bonds is 3. The maximum Gasteiger partial charge on any atom is 0.137 e. The van der Waals surface area contributed by atoms with Gasteiger partial charge < -0.3 is 5.73 Å². The molecule has 1 atom stereocenters. The van der Waals surface area contributed by atoms with Gasteiger partial charge in [-0.15, -0.1) is 0 Å². The molecule has 0 heterocycles. The average Bonchev–Trinajstić information content (AvgIpc) is 2.17. The van der Waals surface area contributed by atoms with Crippen LogP contribution in [0.15, 0.2) is 24.3 Å². The Morgan fingerprint density at radius 3 is 2.00 bits per heavy atom. The standard InChI is InChI=1S/C11H16FN/c1-8(2)9-3-5-10(6-4-9)11(12)7-13/h3-6,8,11H,7,13H2,1-2H3/t11-/m1/s1. The van der Waals surface area contributed by atoms with Crippen LogP contribution < -0.4 is 5.73 Å². The molecule has 0 aliphatic heterocycles. The summed E-state index contributed by atoms with van der Waals surface area (Å²) in [6, 6.07) is 7.55. The lowest BCUT2D eigenvalue weighted by molar-refractivity contribution is 0.353. The fourth-order valence-electron chi connectivity index (χ4n) is 1.23. The van der Waals surface area contributed by atoms with Crippen molar-refractivity contribution in [3.63, 3.8) is 0 Å². The third-order valence-electron chi connectivity index (χ3n) is 2.17. The fraction of sp³-hybridized carbons (Fsp3) is 0.455. The molecule has 13 heavy (non-hydrogen) atoms. The third kappa shape index (κ3) is 2.52. The van der Waals surface area contributed by atoms with Gasteiger partial charge in [-0.1, -0.05) is 38.1 Å². The molecule has 2 heteroatoms. The molecule has 0 radical (unpaired) electrons. The van der Waals surface area contributed by atoms with E-state index in [1.165, 1.54) is 5.56 Å². The van der Waals surface area contributed by atoms with Gasteiger partial charge in [0.15, 0.2) is 0 Å². The number of benzene rings is 1. The first-order valence-corrected chi connectivity index (χ1v) is 4.59. The maximum atomic E-state index is 13.1. The Morgan fingerprint density at radius 2 is 1.62 bits per heavy atom. The van der Waals surface area contributed by atoms with Crippen molar-refractivity contribution in [1.29, 1.82) is 0 Å². The molecular formula is C11H16FN. The third-order valence-corrected chi connectivity index (χ3v) is 2.17. The van der Waals surface area contributed by atoms with Crippen LogP contribution in [0, 0.1) is 0 Å². The van der Waals surface area contributed by atoms with Gasteiger partial charge in [-0.3, -0.25) is 0 Å². The van der Waals surface area contributed by atoms with E-state index in [0.717, 1.165) is 0 Å². The zero-order valence-electron chi connectivity index (χ0n) is 8.13. The molecular weight excluding hydrogens is 165 g/mol. The Labute approximate surface area is 78.8 Å². The summed E-state index contributed by atoms with van der Waals surface area (Å²) in [5, 5.41) is 0. The molecule has 0 spiro atoms. The highest BCUT2D eigenvalue weighted by molar-refractivity contribution is 5.26. The number of nitrogens with two attached hydrogens (primary N) is 1. The van der Waals surface area contributed by atoms with Gasteiger partial charge >= 0.3 is 0 Å². The van der Waals surface area contributed by atoms with E-state index in [0.29, 0.717) is 11.5 Å². The Balaban J connectivity index is 2.81. The SMILES string of the molecule is CC(C)c1ccc([C@H](F)CN)cc1. The van der Waals surface area contributed by atoms with E-state index in [4.69, 9.17) is 5.73 Å². The van der Waals surface area contributed by atoms with Crippen LogP contribution in [0.1, 0.15) is 37.1 Å². The Bertz CT molecular complexity index is 253. The lowest BCUT2D eigenvalue weighted by Crippen LogP contribution is -2.07. The summed E-state index contributed by atoms with van der Waals surface area (Å²) < 4.78 is 13.1. The minimum atomic E-state index is -1.03. The quantitative estimate of drug-likeness (QED) is 0.762. The van der Waals surface area contributed by atoms with Crippen LogP contribution >= 0.6 is 0 Å². The first kappa shape index (κ1) is 10.2. The summed E-state index contributed by atoms with van der Waals surface area (Å²) in [5.74, 6) is 0.491. The second-order valence-corrected chi connectivity index (χ2v) is 3.52. The van der Waals surface area contributed by atoms with Gasteiger partial charge in [0, 0.05) is 6.54 Å². The van der Waals surface area contributed by atoms with Gasteiger partial charge in [-0.25, -0.2) is 4.39 Å². The lowest BCUT2D eigenvalue weighted by atomic mass is 10.0. The van der Waals surface area contributed by atoms with Gasteiger partial charge in [0.1, 0.15) is 6.17 Å². The number of alkyl halides is 1. The van der Waals surface area contributed by atoms with Crippen molar-refractivity contribution in [2.45, 2.75) is 25.9 Å². The van der Waals surface area contributed by atoms with Gasteiger partial charge in [-0.05, 0) is 17.0 Å². The lowest BCUT2D eigenvalue weighted by Gasteiger charge is -2.08. The Kier molecular flexibility index (Phi) is 3.43. The average molecular weight is 181 g/mol. The van der Waals surface area contributed by atoms with E-state index in [1.54, 1.807) is 0 Å². The molecule has 0 saturated carbocycles. The van der Waals surface area contributed by atoms with E-state index in [2.05, 4.69) is 13.8 Å². The van der Waals surface area contributed by atoms with Crippen LogP contribution in [0.25, 0.3) is 0 Å². The predicted octanol–water partition coefficient (Wildman–Crippen LogP) is 2.78. The molecule has 1 nitrogen and oxygen atoms in total. The predicted molar refractivity (Wildman–Crippen MR) is 53.4 cm³/mol. The molecule has 0 amide bonds. The highest BCUT2D eigenvalue weighted by Gasteiger charge is 2.06.